The fourth-order valence-corrected chi connectivity index (χ4v) is 2.81. The molecule has 3 rings (SSSR count). The summed E-state index contributed by atoms with van der Waals surface area (Å²) in [6.45, 7) is 2.89. The zero-order valence-corrected chi connectivity index (χ0v) is 12.1. The number of hydrogen-bond donors (Lipinski definition) is 2. The molecule has 1 atom stereocenters. The van der Waals surface area contributed by atoms with E-state index in [9.17, 15) is 5.11 Å². The van der Waals surface area contributed by atoms with E-state index in [0.717, 1.165) is 13.1 Å². The van der Waals surface area contributed by atoms with Crippen LogP contribution in [0, 0.1) is 0 Å². The molecule has 112 valence electrons. The van der Waals surface area contributed by atoms with E-state index >= 15 is 0 Å². The van der Waals surface area contributed by atoms with E-state index in [1.54, 1.807) is 13.3 Å². The molecule has 0 unspecified atom stereocenters. The number of aromatic amines is 1. The van der Waals surface area contributed by atoms with Crippen molar-refractivity contribution >= 4 is 0 Å². The number of aromatic nitrogens is 3. The zero-order chi connectivity index (χ0) is 14.7. The van der Waals surface area contributed by atoms with Gasteiger partial charge in [0.15, 0.2) is 0 Å². The van der Waals surface area contributed by atoms with Crippen molar-refractivity contribution in [3.8, 4) is 0 Å². The van der Waals surface area contributed by atoms with Crippen LogP contribution in [0.4, 0.5) is 0 Å². The first-order valence-corrected chi connectivity index (χ1v) is 7.07. The first kappa shape index (κ1) is 14.2. The number of H-pyrrole nitrogens is 1. The number of nitrogens with one attached hydrogen (secondary N) is 1. The second-order valence-corrected chi connectivity index (χ2v) is 5.60. The Kier molecular flexibility index (Phi) is 4.01. The molecule has 0 amide bonds. The van der Waals surface area contributed by atoms with E-state index in [1.807, 2.05) is 0 Å². The molecule has 1 aliphatic rings. The molecule has 6 nitrogen and oxygen atoms in total. The Morgan fingerprint density at radius 2 is 2.10 bits per heavy atom. The Morgan fingerprint density at radius 1 is 1.33 bits per heavy atom. The van der Waals surface area contributed by atoms with Crippen LogP contribution in [0.5, 0.6) is 0 Å². The number of benzene rings is 1. The third-order valence-electron chi connectivity index (χ3n) is 3.96. The second-order valence-electron chi connectivity index (χ2n) is 5.60. The number of likely N-dealkylation sites (tertiary alicyclic amines) is 1. The van der Waals surface area contributed by atoms with Gasteiger partial charge in [-0.1, -0.05) is 24.3 Å². The van der Waals surface area contributed by atoms with Gasteiger partial charge in [0.25, 0.3) is 0 Å². The van der Waals surface area contributed by atoms with Crippen molar-refractivity contribution in [2.24, 2.45) is 0 Å². The molecule has 1 aromatic carbocycles. The number of β-amino-alcohol motifs (C(OH)–C–C–N with tert-alkyl or cyclic N) is 1. The largest absolute Gasteiger partial charge is 0.382 e. The second kappa shape index (κ2) is 5.93. The van der Waals surface area contributed by atoms with Crippen LogP contribution < -0.4 is 0 Å². The lowest BCUT2D eigenvalue weighted by Crippen LogP contribution is -2.31. The van der Waals surface area contributed by atoms with E-state index in [2.05, 4.69) is 44.6 Å². The average molecular weight is 288 g/mol. The van der Waals surface area contributed by atoms with Crippen LogP contribution in [0.15, 0.2) is 30.5 Å². The van der Waals surface area contributed by atoms with Crippen molar-refractivity contribution in [1.82, 2.24) is 20.3 Å². The van der Waals surface area contributed by atoms with Gasteiger partial charge in [0.1, 0.15) is 11.3 Å². The summed E-state index contributed by atoms with van der Waals surface area (Å²) in [5, 5.41) is 21.0. The van der Waals surface area contributed by atoms with Crippen LogP contribution in [-0.4, -0.2) is 45.6 Å². The van der Waals surface area contributed by atoms with Crippen molar-refractivity contribution in [1.29, 1.82) is 0 Å². The van der Waals surface area contributed by atoms with Crippen molar-refractivity contribution in [3.63, 3.8) is 0 Å². The normalized spacial score (nSPS) is 22.8. The first-order valence-electron chi connectivity index (χ1n) is 7.07. The molecule has 1 saturated heterocycles. The molecule has 2 N–H and O–H groups in total. The smallest absolute Gasteiger partial charge is 0.124 e. The number of hydrogen-bond acceptors (Lipinski definition) is 5. The van der Waals surface area contributed by atoms with Crippen LogP contribution in [0.1, 0.15) is 23.2 Å². The highest BCUT2D eigenvalue weighted by Gasteiger charge is 2.39. The maximum Gasteiger partial charge on any atom is 0.124 e. The lowest BCUT2D eigenvalue weighted by Gasteiger charge is -2.21. The molecule has 0 bridgehead atoms. The van der Waals surface area contributed by atoms with E-state index in [4.69, 9.17) is 4.74 Å². The number of rotatable bonds is 5. The summed E-state index contributed by atoms with van der Waals surface area (Å²) in [4.78, 5) is 2.24. The molecular weight excluding hydrogens is 268 g/mol. The summed E-state index contributed by atoms with van der Waals surface area (Å²) < 4.78 is 5.11. The fourth-order valence-electron chi connectivity index (χ4n) is 2.81. The van der Waals surface area contributed by atoms with Gasteiger partial charge in [-0.15, -0.1) is 0 Å². The van der Waals surface area contributed by atoms with Crippen LogP contribution >= 0.6 is 0 Å². The summed E-state index contributed by atoms with van der Waals surface area (Å²) in [6, 6.07) is 8.39. The predicted molar refractivity (Wildman–Crippen MR) is 77.3 cm³/mol. The Bertz CT molecular complexity index is 570. The van der Waals surface area contributed by atoms with Gasteiger partial charge in [0.05, 0.1) is 12.8 Å². The molecule has 21 heavy (non-hydrogen) atoms. The average Bonchev–Trinajstić information content (AvgIpc) is 3.12. The van der Waals surface area contributed by atoms with E-state index < -0.39 is 5.60 Å². The van der Waals surface area contributed by atoms with Gasteiger partial charge in [-0.05, 0) is 17.5 Å². The molecule has 0 spiro atoms. The monoisotopic (exact) mass is 288 g/mol. The van der Waals surface area contributed by atoms with Gasteiger partial charge in [-0.25, -0.2) is 0 Å². The number of methoxy groups -OCH3 is 1. The van der Waals surface area contributed by atoms with Crippen molar-refractivity contribution in [2.75, 3.05) is 20.2 Å². The van der Waals surface area contributed by atoms with Gasteiger partial charge in [0.2, 0.25) is 0 Å². The molecule has 0 saturated carbocycles. The van der Waals surface area contributed by atoms with Crippen LogP contribution in [0.2, 0.25) is 0 Å². The molecular formula is C15H20N4O2. The topological polar surface area (TPSA) is 74.3 Å². The SMILES string of the molecule is COCc1ccc(CN2CC[C@@](O)(c3cn[nH]n3)C2)cc1. The molecule has 2 aromatic rings. The number of nitrogens with zero attached hydrogens (tertiary/aromatic N) is 3. The van der Waals surface area contributed by atoms with Crippen molar-refractivity contribution in [3.05, 3.63) is 47.3 Å². The van der Waals surface area contributed by atoms with Gasteiger partial charge in [-0.3, -0.25) is 4.90 Å². The zero-order valence-electron chi connectivity index (χ0n) is 12.1. The highest BCUT2D eigenvalue weighted by molar-refractivity contribution is 5.22. The number of ether oxygens (including phenoxy) is 1. The van der Waals surface area contributed by atoms with Gasteiger partial charge >= 0.3 is 0 Å². The molecule has 2 heterocycles. The minimum atomic E-state index is -0.886. The Balaban J connectivity index is 1.62. The van der Waals surface area contributed by atoms with Crippen LogP contribution in [0.25, 0.3) is 0 Å². The first-order chi connectivity index (χ1) is 10.2. The fraction of sp³-hybridized carbons (Fsp3) is 0.467. The molecule has 6 heteroatoms. The Labute approximate surface area is 123 Å². The summed E-state index contributed by atoms with van der Waals surface area (Å²) in [5.41, 5.74) is 2.14. The summed E-state index contributed by atoms with van der Waals surface area (Å²) in [6.07, 6.45) is 2.28. The Morgan fingerprint density at radius 3 is 2.76 bits per heavy atom. The van der Waals surface area contributed by atoms with Crippen LogP contribution in [0.3, 0.4) is 0 Å². The minimum absolute atomic E-state index is 0.583. The van der Waals surface area contributed by atoms with E-state index in [-0.39, 0.29) is 0 Å². The third-order valence-corrected chi connectivity index (χ3v) is 3.96. The molecule has 0 radical (unpaired) electrons. The summed E-state index contributed by atoms with van der Waals surface area (Å²) >= 11 is 0. The maximum atomic E-state index is 10.6. The van der Waals surface area contributed by atoms with Gasteiger partial charge < -0.3 is 9.84 Å². The Hall–Kier alpha value is -1.76. The van der Waals surface area contributed by atoms with Gasteiger partial charge in [0, 0.05) is 26.7 Å². The molecule has 1 aliphatic heterocycles. The van der Waals surface area contributed by atoms with E-state index in [0.29, 0.717) is 25.3 Å². The third kappa shape index (κ3) is 3.12. The summed E-state index contributed by atoms with van der Waals surface area (Å²) in [5.74, 6) is 0. The van der Waals surface area contributed by atoms with E-state index in [1.165, 1.54) is 11.1 Å². The lowest BCUT2D eigenvalue weighted by molar-refractivity contribution is 0.0409. The van der Waals surface area contributed by atoms with Crippen molar-refractivity contribution in [2.45, 2.75) is 25.2 Å². The van der Waals surface area contributed by atoms with Gasteiger partial charge in [-0.2, -0.15) is 15.4 Å². The highest BCUT2D eigenvalue weighted by Crippen LogP contribution is 2.30. The molecule has 1 fully saturated rings. The van der Waals surface area contributed by atoms with Crippen molar-refractivity contribution < 1.29 is 9.84 Å². The minimum Gasteiger partial charge on any atom is -0.382 e. The maximum absolute atomic E-state index is 10.6. The highest BCUT2D eigenvalue weighted by atomic mass is 16.5. The molecule has 0 aliphatic carbocycles. The number of aliphatic hydroxyl groups is 1. The van der Waals surface area contributed by atoms with Crippen LogP contribution in [-0.2, 0) is 23.5 Å². The standard InChI is InChI=1S/C15H20N4O2/c1-21-10-13-4-2-12(3-5-13)9-19-7-6-15(20,11-19)14-8-16-18-17-14/h2-5,8,20H,6-7,9-11H2,1H3,(H,16,17,18)/t15-/m0/s1. The lowest BCUT2D eigenvalue weighted by atomic mass is 10.00. The molecule has 1 aromatic heterocycles. The summed E-state index contributed by atoms with van der Waals surface area (Å²) in [7, 11) is 1.70. The quantitative estimate of drug-likeness (QED) is 0.860. The predicted octanol–water partition coefficient (Wildman–Crippen LogP) is 1.04.